The molecule has 3 aromatic rings. The Kier molecular flexibility index (Phi) is 6.61. The molecule has 2 heterocycles. The number of amides is 1. The summed E-state index contributed by atoms with van der Waals surface area (Å²) in [5.74, 6) is -0.274. The number of para-hydroxylation sites is 1. The summed E-state index contributed by atoms with van der Waals surface area (Å²) in [4.78, 5) is 29.4. The smallest absolute Gasteiger partial charge is 0.336 e. The molecule has 1 aromatic heterocycles. The van der Waals surface area contributed by atoms with E-state index in [0.29, 0.717) is 31.7 Å². The van der Waals surface area contributed by atoms with Crippen molar-refractivity contribution in [2.24, 2.45) is 0 Å². The fourth-order valence-electron chi connectivity index (χ4n) is 4.40. The first kappa shape index (κ1) is 23.8. The van der Waals surface area contributed by atoms with Gasteiger partial charge in [0.1, 0.15) is 0 Å². The van der Waals surface area contributed by atoms with E-state index in [1.807, 2.05) is 55.1 Å². The van der Waals surface area contributed by atoms with Crippen molar-refractivity contribution in [2.75, 3.05) is 32.7 Å². The summed E-state index contributed by atoms with van der Waals surface area (Å²) in [7, 11) is 0. The Bertz CT molecular complexity index is 1180. The van der Waals surface area contributed by atoms with Crippen LogP contribution in [0.4, 0.5) is 13.2 Å². The molecule has 34 heavy (non-hydrogen) atoms. The van der Waals surface area contributed by atoms with Crippen LogP contribution in [0, 0.1) is 13.8 Å². The van der Waals surface area contributed by atoms with Crippen LogP contribution in [-0.2, 0) is 6.18 Å². The van der Waals surface area contributed by atoms with Crippen LogP contribution < -0.4 is 0 Å². The second-order valence-electron chi connectivity index (χ2n) is 8.52. The molecule has 0 unspecified atom stereocenters. The minimum atomic E-state index is -4.43. The van der Waals surface area contributed by atoms with Gasteiger partial charge in [0.2, 0.25) is 0 Å². The number of rotatable bonds is 5. The van der Waals surface area contributed by atoms with Crippen molar-refractivity contribution in [1.29, 1.82) is 0 Å². The molecule has 178 valence electrons. The average molecular weight is 470 g/mol. The Morgan fingerprint density at radius 3 is 2.09 bits per heavy atom. The zero-order valence-corrected chi connectivity index (χ0v) is 19.1. The van der Waals surface area contributed by atoms with Crippen LogP contribution in [0.2, 0.25) is 0 Å². The fourth-order valence-corrected chi connectivity index (χ4v) is 4.40. The minimum Gasteiger partial charge on any atom is -0.336 e. The number of aryl methyl sites for hydroxylation is 1. The number of carbonyl (C=O) groups excluding carboxylic acids is 2. The molecule has 0 atom stereocenters. The topological polar surface area (TPSA) is 45.6 Å². The van der Waals surface area contributed by atoms with E-state index >= 15 is 0 Å². The number of ketones is 1. The van der Waals surface area contributed by atoms with Gasteiger partial charge in [-0.3, -0.25) is 14.5 Å². The Morgan fingerprint density at radius 2 is 1.50 bits per heavy atom. The van der Waals surface area contributed by atoms with Crippen molar-refractivity contribution in [1.82, 2.24) is 14.4 Å². The normalized spacial score (nSPS) is 14.9. The van der Waals surface area contributed by atoms with Gasteiger partial charge in [-0.15, -0.1) is 0 Å². The first-order valence-electron chi connectivity index (χ1n) is 11.1. The molecule has 2 aromatic carbocycles. The van der Waals surface area contributed by atoms with Gasteiger partial charge in [0.15, 0.2) is 5.78 Å². The first-order valence-corrected chi connectivity index (χ1v) is 11.1. The summed E-state index contributed by atoms with van der Waals surface area (Å²) in [6.45, 7) is 6.04. The lowest BCUT2D eigenvalue weighted by Gasteiger charge is -2.34. The highest BCUT2D eigenvalue weighted by atomic mass is 19.4. The molecule has 1 aliphatic heterocycles. The van der Waals surface area contributed by atoms with Gasteiger partial charge in [0.05, 0.1) is 12.1 Å². The fraction of sp³-hybridized carbons (Fsp3) is 0.308. The highest BCUT2D eigenvalue weighted by molar-refractivity contribution is 5.99. The standard InChI is InChI=1S/C26H26F3N3O2/c1-18-16-23(19(2)32(18)22-6-4-3-5-7-22)24(33)17-30-12-14-31(15-13-30)25(34)20-8-10-21(11-9-20)26(27,28)29/h3-11,16H,12-15,17H2,1-2H3. The summed E-state index contributed by atoms with van der Waals surface area (Å²) in [6.07, 6.45) is -4.43. The lowest BCUT2D eigenvalue weighted by Crippen LogP contribution is -2.49. The number of piperazine rings is 1. The van der Waals surface area contributed by atoms with E-state index in [0.717, 1.165) is 29.2 Å². The summed E-state index contributed by atoms with van der Waals surface area (Å²) in [5, 5.41) is 0. The third-order valence-corrected chi connectivity index (χ3v) is 6.23. The maximum Gasteiger partial charge on any atom is 0.416 e. The van der Waals surface area contributed by atoms with Crippen molar-refractivity contribution in [3.8, 4) is 5.69 Å². The molecule has 0 aliphatic carbocycles. The molecule has 4 rings (SSSR count). The van der Waals surface area contributed by atoms with Gasteiger partial charge in [0.25, 0.3) is 5.91 Å². The summed E-state index contributed by atoms with van der Waals surface area (Å²) in [5.41, 5.74) is 3.02. The van der Waals surface area contributed by atoms with E-state index in [1.54, 1.807) is 4.90 Å². The Morgan fingerprint density at radius 1 is 0.882 bits per heavy atom. The van der Waals surface area contributed by atoms with Crippen molar-refractivity contribution in [2.45, 2.75) is 20.0 Å². The van der Waals surface area contributed by atoms with Crippen LogP contribution >= 0.6 is 0 Å². The highest BCUT2D eigenvalue weighted by Gasteiger charge is 2.31. The quantitative estimate of drug-likeness (QED) is 0.507. The second kappa shape index (κ2) is 9.46. The van der Waals surface area contributed by atoms with Crippen LogP contribution in [0.25, 0.3) is 5.69 Å². The van der Waals surface area contributed by atoms with Crippen molar-refractivity contribution >= 4 is 11.7 Å². The lowest BCUT2D eigenvalue weighted by molar-refractivity contribution is -0.137. The number of halogens is 3. The van der Waals surface area contributed by atoms with Gasteiger partial charge in [-0.2, -0.15) is 13.2 Å². The predicted octanol–water partition coefficient (Wildman–Crippen LogP) is 4.75. The number of alkyl halides is 3. The summed E-state index contributed by atoms with van der Waals surface area (Å²) >= 11 is 0. The molecular weight excluding hydrogens is 443 g/mol. The first-order chi connectivity index (χ1) is 16.1. The van der Waals surface area contributed by atoms with Crippen LogP contribution in [0.15, 0.2) is 60.7 Å². The SMILES string of the molecule is Cc1cc(C(=O)CN2CCN(C(=O)c3ccc(C(F)(F)F)cc3)CC2)c(C)n1-c1ccccc1. The molecule has 1 saturated heterocycles. The van der Waals surface area contributed by atoms with Gasteiger partial charge < -0.3 is 9.47 Å². The highest BCUT2D eigenvalue weighted by Crippen LogP contribution is 2.29. The van der Waals surface area contributed by atoms with Gasteiger partial charge in [0, 0.05) is 54.4 Å². The van der Waals surface area contributed by atoms with Crippen LogP contribution in [-0.4, -0.2) is 58.8 Å². The second-order valence-corrected chi connectivity index (χ2v) is 8.52. The number of aromatic nitrogens is 1. The van der Waals surface area contributed by atoms with Crippen LogP contribution in [0.3, 0.4) is 0 Å². The van der Waals surface area contributed by atoms with E-state index in [2.05, 4.69) is 4.57 Å². The van der Waals surface area contributed by atoms with E-state index in [4.69, 9.17) is 0 Å². The number of nitrogens with zero attached hydrogens (tertiary/aromatic N) is 3. The molecule has 1 fully saturated rings. The van der Waals surface area contributed by atoms with Crippen molar-refractivity contribution in [3.05, 3.63) is 88.7 Å². The number of hydrogen-bond donors (Lipinski definition) is 0. The lowest BCUT2D eigenvalue weighted by atomic mass is 10.1. The van der Waals surface area contributed by atoms with E-state index < -0.39 is 11.7 Å². The molecule has 0 spiro atoms. The van der Waals surface area contributed by atoms with Gasteiger partial charge in [-0.05, 0) is 56.3 Å². The monoisotopic (exact) mass is 469 g/mol. The molecule has 0 radical (unpaired) electrons. The Hall–Kier alpha value is -3.39. The molecule has 8 heteroatoms. The van der Waals surface area contributed by atoms with Gasteiger partial charge in [-0.25, -0.2) is 0 Å². The number of benzene rings is 2. The van der Waals surface area contributed by atoms with Crippen LogP contribution in [0.1, 0.15) is 37.7 Å². The van der Waals surface area contributed by atoms with Crippen LogP contribution in [0.5, 0.6) is 0 Å². The molecule has 1 aliphatic rings. The molecule has 5 nitrogen and oxygen atoms in total. The summed E-state index contributed by atoms with van der Waals surface area (Å²) in [6, 6.07) is 16.1. The molecule has 1 amide bonds. The van der Waals surface area contributed by atoms with E-state index in [-0.39, 0.29) is 23.8 Å². The van der Waals surface area contributed by atoms with Gasteiger partial charge >= 0.3 is 6.18 Å². The maximum atomic E-state index is 13.1. The Balaban J connectivity index is 1.36. The molecule has 0 N–H and O–H groups in total. The zero-order valence-electron chi connectivity index (χ0n) is 19.1. The van der Waals surface area contributed by atoms with E-state index in [9.17, 15) is 22.8 Å². The Labute approximate surface area is 196 Å². The number of carbonyl (C=O) groups is 2. The summed E-state index contributed by atoms with van der Waals surface area (Å²) < 4.78 is 40.3. The third kappa shape index (κ3) is 4.92. The third-order valence-electron chi connectivity index (χ3n) is 6.23. The average Bonchev–Trinajstić information content (AvgIpc) is 3.13. The number of hydrogen-bond acceptors (Lipinski definition) is 3. The predicted molar refractivity (Wildman–Crippen MR) is 123 cm³/mol. The van der Waals surface area contributed by atoms with Gasteiger partial charge in [-0.1, -0.05) is 18.2 Å². The minimum absolute atomic E-state index is 0.0257. The number of Topliss-reactive ketones (excluding diaryl/α,β-unsaturated/α-hetero) is 1. The van der Waals surface area contributed by atoms with Crippen molar-refractivity contribution in [3.63, 3.8) is 0 Å². The van der Waals surface area contributed by atoms with Crippen molar-refractivity contribution < 1.29 is 22.8 Å². The largest absolute Gasteiger partial charge is 0.416 e. The van der Waals surface area contributed by atoms with E-state index in [1.165, 1.54) is 12.1 Å². The zero-order chi connectivity index (χ0) is 24.5. The molecule has 0 bridgehead atoms. The maximum absolute atomic E-state index is 13.1. The molecule has 0 saturated carbocycles. The molecular formula is C26H26F3N3O2.